The molecule has 0 saturated carbocycles. The summed E-state index contributed by atoms with van der Waals surface area (Å²) in [6.45, 7) is 3.03. The zero-order valence-electron chi connectivity index (χ0n) is 14.1. The van der Waals surface area contributed by atoms with Gasteiger partial charge in [-0.15, -0.1) is 0 Å². The highest BCUT2D eigenvalue weighted by Gasteiger charge is 2.29. The van der Waals surface area contributed by atoms with E-state index in [1.807, 2.05) is 31.2 Å². The molecule has 1 atom stereocenters. The fourth-order valence-corrected chi connectivity index (χ4v) is 3.44. The average Bonchev–Trinajstić information content (AvgIpc) is 3.16. The molecule has 1 aromatic carbocycles. The summed E-state index contributed by atoms with van der Waals surface area (Å²) in [7, 11) is 0. The van der Waals surface area contributed by atoms with Gasteiger partial charge in [-0.05, 0) is 43.5 Å². The predicted octanol–water partition coefficient (Wildman–Crippen LogP) is 3.66. The summed E-state index contributed by atoms with van der Waals surface area (Å²) in [6, 6.07) is 10.7. The highest BCUT2D eigenvalue weighted by molar-refractivity contribution is 6.31. The Morgan fingerprint density at radius 2 is 1.92 bits per heavy atom. The minimum Gasteiger partial charge on any atom is -0.459 e. The van der Waals surface area contributed by atoms with Crippen molar-refractivity contribution in [2.45, 2.75) is 25.8 Å². The number of hydrogen-bond donors (Lipinski definition) is 1. The molecule has 6 heteroatoms. The maximum atomic E-state index is 12.5. The number of rotatable bonds is 4. The maximum absolute atomic E-state index is 12.5. The number of nitrogens with one attached hydrogen (secondary N) is 1. The molecule has 1 unspecified atom stereocenters. The standard InChI is InChI=1S/C19H21ClN2O3/c1-13(15-5-2-3-6-16(15)20)21-18(23)14-8-10-22(11-9-14)19(24)17-7-4-12-25-17/h2-7,12-14H,8-11H2,1H3,(H,21,23). The third-order valence-electron chi connectivity index (χ3n) is 4.62. The summed E-state index contributed by atoms with van der Waals surface area (Å²) in [4.78, 5) is 26.5. The molecule has 1 fully saturated rings. The Labute approximate surface area is 151 Å². The highest BCUT2D eigenvalue weighted by atomic mass is 35.5. The molecule has 2 amide bonds. The predicted molar refractivity (Wildman–Crippen MR) is 95.3 cm³/mol. The van der Waals surface area contributed by atoms with E-state index in [0.717, 1.165) is 5.56 Å². The number of carbonyl (C=O) groups excluding carboxylic acids is 2. The summed E-state index contributed by atoms with van der Waals surface area (Å²) in [6.07, 6.45) is 2.78. The summed E-state index contributed by atoms with van der Waals surface area (Å²) in [5.41, 5.74) is 0.906. The first kappa shape index (κ1) is 17.5. The van der Waals surface area contributed by atoms with E-state index in [0.29, 0.717) is 36.7 Å². The van der Waals surface area contributed by atoms with Crippen molar-refractivity contribution in [1.29, 1.82) is 0 Å². The molecular formula is C19H21ClN2O3. The molecule has 3 rings (SSSR count). The van der Waals surface area contributed by atoms with Crippen LogP contribution in [-0.4, -0.2) is 29.8 Å². The minimum absolute atomic E-state index is 0.0116. The molecule has 1 N–H and O–H groups in total. The minimum atomic E-state index is -0.149. The zero-order chi connectivity index (χ0) is 17.8. The van der Waals surface area contributed by atoms with Crippen LogP contribution in [0.5, 0.6) is 0 Å². The molecular weight excluding hydrogens is 340 g/mol. The van der Waals surface area contributed by atoms with Crippen LogP contribution in [0.3, 0.4) is 0 Å². The molecule has 2 aromatic rings. The van der Waals surface area contributed by atoms with E-state index >= 15 is 0 Å². The molecule has 0 aliphatic carbocycles. The molecule has 1 saturated heterocycles. The monoisotopic (exact) mass is 360 g/mol. The lowest BCUT2D eigenvalue weighted by molar-refractivity contribution is -0.127. The number of furan rings is 1. The van der Waals surface area contributed by atoms with Crippen LogP contribution in [0.25, 0.3) is 0 Å². The number of benzene rings is 1. The average molecular weight is 361 g/mol. The van der Waals surface area contributed by atoms with Crippen molar-refractivity contribution in [3.63, 3.8) is 0 Å². The lowest BCUT2D eigenvalue weighted by Crippen LogP contribution is -2.43. The smallest absolute Gasteiger partial charge is 0.289 e. The molecule has 5 nitrogen and oxygen atoms in total. The van der Waals surface area contributed by atoms with Gasteiger partial charge < -0.3 is 14.6 Å². The molecule has 1 aliphatic heterocycles. The largest absolute Gasteiger partial charge is 0.459 e. The quantitative estimate of drug-likeness (QED) is 0.905. The molecule has 25 heavy (non-hydrogen) atoms. The van der Waals surface area contributed by atoms with E-state index in [9.17, 15) is 9.59 Å². The van der Waals surface area contributed by atoms with Crippen LogP contribution in [-0.2, 0) is 4.79 Å². The molecule has 0 spiro atoms. The van der Waals surface area contributed by atoms with Crippen molar-refractivity contribution in [3.05, 3.63) is 59.0 Å². The van der Waals surface area contributed by atoms with Crippen LogP contribution in [0.2, 0.25) is 5.02 Å². The number of nitrogens with zero attached hydrogens (tertiary/aromatic N) is 1. The van der Waals surface area contributed by atoms with Gasteiger partial charge in [0.2, 0.25) is 5.91 Å². The maximum Gasteiger partial charge on any atom is 0.289 e. The Balaban J connectivity index is 1.53. The van der Waals surface area contributed by atoms with Crippen molar-refractivity contribution in [3.8, 4) is 0 Å². The molecule has 0 radical (unpaired) electrons. The van der Waals surface area contributed by atoms with Gasteiger partial charge in [-0.3, -0.25) is 9.59 Å². The molecule has 132 valence electrons. The molecule has 2 heterocycles. The SMILES string of the molecule is CC(NC(=O)C1CCN(C(=O)c2ccco2)CC1)c1ccccc1Cl. The van der Waals surface area contributed by atoms with Crippen LogP contribution >= 0.6 is 11.6 Å². The normalized spacial score (nSPS) is 16.5. The first-order chi connectivity index (χ1) is 12.1. The van der Waals surface area contributed by atoms with Gasteiger partial charge >= 0.3 is 0 Å². The first-order valence-electron chi connectivity index (χ1n) is 8.44. The van der Waals surface area contributed by atoms with Gasteiger partial charge in [0.15, 0.2) is 5.76 Å². The fraction of sp³-hybridized carbons (Fsp3) is 0.368. The number of halogens is 1. The van der Waals surface area contributed by atoms with Gasteiger partial charge in [0.25, 0.3) is 5.91 Å². The summed E-state index contributed by atoms with van der Waals surface area (Å²) in [5.74, 6) is 0.145. The van der Waals surface area contributed by atoms with E-state index < -0.39 is 0 Å². The van der Waals surface area contributed by atoms with Crippen LogP contribution in [0.4, 0.5) is 0 Å². The third-order valence-corrected chi connectivity index (χ3v) is 4.96. The number of hydrogen-bond acceptors (Lipinski definition) is 3. The van der Waals surface area contributed by atoms with Gasteiger partial charge in [0.05, 0.1) is 12.3 Å². The van der Waals surface area contributed by atoms with Gasteiger partial charge in [-0.25, -0.2) is 0 Å². The Kier molecular flexibility index (Phi) is 5.43. The first-order valence-corrected chi connectivity index (χ1v) is 8.81. The van der Waals surface area contributed by atoms with Gasteiger partial charge in [0.1, 0.15) is 0 Å². The second kappa shape index (κ2) is 7.74. The number of likely N-dealkylation sites (tertiary alicyclic amines) is 1. The van der Waals surface area contributed by atoms with Crippen LogP contribution in [0.1, 0.15) is 41.9 Å². The summed E-state index contributed by atoms with van der Waals surface area (Å²) < 4.78 is 5.15. The lowest BCUT2D eigenvalue weighted by atomic mass is 9.95. The van der Waals surface area contributed by atoms with Crippen molar-refractivity contribution < 1.29 is 14.0 Å². The molecule has 0 bridgehead atoms. The Bertz CT molecular complexity index is 737. The number of piperidine rings is 1. The lowest BCUT2D eigenvalue weighted by Gasteiger charge is -2.31. The highest BCUT2D eigenvalue weighted by Crippen LogP contribution is 2.24. The second-order valence-electron chi connectivity index (χ2n) is 6.30. The van der Waals surface area contributed by atoms with Crippen LogP contribution in [0, 0.1) is 5.92 Å². The zero-order valence-corrected chi connectivity index (χ0v) is 14.8. The topological polar surface area (TPSA) is 62.6 Å². The van der Waals surface area contributed by atoms with Crippen molar-refractivity contribution >= 4 is 23.4 Å². The van der Waals surface area contributed by atoms with E-state index in [1.54, 1.807) is 17.0 Å². The van der Waals surface area contributed by atoms with Crippen LogP contribution < -0.4 is 5.32 Å². The van der Waals surface area contributed by atoms with E-state index in [4.69, 9.17) is 16.0 Å². The summed E-state index contributed by atoms with van der Waals surface area (Å²) in [5, 5.41) is 3.68. The molecule has 1 aromatic heterocycles. The summed E-state index contributed by atoms with van der Waals surface area (Å²) >= 11 is 6.19. The van der Waals surface area contributed by atoms with Crippen molar-refractivity contribution in [2.24, 2.45) is 5.92 Å². The molecule has 1 aliphatic rings. The number of carbonyl (C=O) groups is 2. The third kappa shape index (κ3) is 4.04. The second-order valence-corrected chi connectivity index (χ2v) is 6.70. The van der Waals surface area contributed by atoms with Gasteiger partial charge in [-0.2, -0.15) is 0 Å². The van der Waals surface area contributed by atoms with E-state index in [1.165, 1.54) is 6.26 Å². The van der Waals surface area contributed by atoms with E-state index in [2.05, 4.69) is 5.32 Å². The fourth-order valence-electron chi connectivity index (χ4n) is 3.14. The Morgan fingerprint density at radius 1 is 1.20 bits per heavy atom. The number of amides is 2. The Hall–Kier alpha value is -2.27. The Morgan fingerprint density at radius 3 is 2.56 bits per heavy atom. The van der Waals surface area contributed by atoms with E-state index in [-0.39, 0.29) is 23.8 Å². The van der Waals surface area contributed by atoms with Gasteiger partial charge in [-0.1, -0.05) is 29.8 Å². The van der Waals surface area contributed by atoms with Crippen molar-refractivity contribution in [2.75, 3.05) is 13.1 Å². The van der Waals surface area contributed by atoms with Crippen LogP contribution in [0.15, 0.2) is 47.1 Å². The van der Waals surface area contributed by atoms with Gasteiger partial charge in [0, 0.05) is 24.0 Å². The van der Waals surface area contributed by atoms with Crippen molar-refractivity contribution in [1.82, 2.24) is 10.2 Å².